The molecule has 0 atom stereocenters. The third kappa shape index (κ3) is 3.36. The van der Waals surface area contributed by atoms with Gasteiger partial charge in [0.05, 0.1) is 18.3 Å². The largest absolute Gasteiger partial charge is 0.298 e. The summed E-state index contributed by atoms with van der Waals surface area (Å²) in [5.41, 5.74) is 0. The summed E-state index contributed by atoms with van der Waals surface area (Å²) in [6.45, 7) is 0.174. The molecule has 0 unspecified atom stereocenters. The minimum atomic E-state index is -3.41. The van der Waals surface area contributed by atoms with Crippen molar-refractivity contribution in [3.8, 4) is 12.3 Å². The Labute approximate surface area is 83.3 Å². The lowest BCUT2D eigenvalue weighted by Gasteiger charge is -2.04. The number of rotatable bonds is 5. The molecule has 1 saturated carbocycles. The minimum Gasteiger partial charge on any atom is -0.298 e. The topological polar surface area (TPSA) is 75.3 Å². The lowest BCUT2D eigenvalue weighted by molar-refractivity contribution is -0.118. The first kappa shape index (κ1) is 11.0. The molecule has 6 heteroatoms. The molecule has 1 rings (SSSR count). The second-order valence-electron chi connectivity index (χ2n) is 3.08. The molecule has 0 aromatic rings. The van der Waals surface area contributed by atoms with E-state index in [2.05, 4.69) is 11.2 Å². The fourth-order valence-corrected chi connectivity index (χ4v) is 2.22. The molecule has 1 amide bonds. The van der Waals surface area contributed by atoms with Crippen LogP contribution in [0.4, 0.5) is 0 Å². The highest BCUT2D eigenvalue weighted by atomic mass is 32.2. The summed E-state index contributed by atoms with van der Waals surface area (Å²) in [5, 5.41) is 2.23. The molecule has 0 aliphatic heterocycles. The molecular formula is C8H12N2O3S. The van der Waals surface area contributed by atoms with Gasteiger partial charge < -0.3 is 0 Å². The molecule has 2 N–H and O–H groups in total. The van der Waals surface area contributed by atoms with Crippen molar-refractivity contribution >= 4 is 15.9 Å². The van der Waals surface area contributed by atoms with E-state index in [0.29, 0.717) is 12.8 Å². The third-order valence-corrected chi connectivity index (χ3v) is 3.59. The van der Waals surface area contributed by atoms with Crippen molar-refractivity contribution in [3.05, 3.63) is 0 Å². The number of hydrogen-bond donors (Lipinski definition) is 2. The molecular weight excluding hydrogens is 204 g/mol. The van der Waals surface area contributed by atoms with Crippen molar-refractivity contribution in [1.29, 1.82) is 0 Å². The van der Waals surface area contributed by atoms with Gasteiger partial charge in [-0.3, -0.25) is 14.8 Å². The highest BCUT2D eigenvalue weighted by molar-refractivity contribution is 7.90. The smallest absolute Gasteiger partial charge is 0.247 e. The maximum atomic E-state index is 11.2. The van der Waals surface area contributed by atoms with Crippen molar-refractivity contribution in [3.63, 3.8) is 0 Å². The highest BCUT2D eigenvalue weighted by Crippen LogP contribution is 2.27. The van der Waals surface area contributed by atoms with Crippen LogP contribution in [0, 0.1) is 12.3 Å². The Balaban J connectivity index is 2.30. The standard InChI is InChI=1S/C8H12N2O3S/c1-2-5-9-6-8(11)10-14(12,13)7-3-4-7/h1,7,9H,3-6H2,(H,10,11). The average molecular weight is 216 g/mol. The molecule has 0 aromatic carbocycles. The molecule has 0 bridgehead atoms. The van der Waals surface area contributed by atoms with E-state index < -0.39 is 15.9 Å². The predicted molar refractivity (Wildman–Crippen MR) is 51.8 cm³/mol. The predicted octanol–water partition coefficient (Wildman–Crippen LogP) is -1.18. The molecule has 5 nitrogen and oxygen atoms in total. The summed E-state index contributed by atoms with van der Waals surface area (Å²) in [5.74, 6) is 1.72. The van der Waals surface area contributed by atoms with E-state index >= 15 is 0 Å². The van der Waals surface area contributed by atoms with Crippen LogP contribution in [0.2, 0.25) is 0 Å². The van der Waals surface area contributed by atoms with Crippen LogP contribution in [0.25, 0.3) is 0 Å². The molecule has 14 heavy (non-hydrogen) atoms. The monoisotopic (exact) mass is 216 g/mol. The van der Waals surface area contributed by atoms with Gasteiger partial charge in [0.2, 0.25) is 15.9 Å². The Morgan fingerprint density at radius 1 is 1.50 bits per heavy atom. The average Bonchev–Trinajstić information content (AvgIpc) is 2.85. The zero-order valence-corrected chi connectivity index (χ0v) is 8.43. The van der Waals surface area contributed by atoms with Crippen LogP contribution in [0.1, 0.15) is 12.8 Å². The van der Waals surface area contributed by atoms with Gasteiger partial charge in [-0.1, -0.05) is 5.92 Å². The van der Waals surface area contributed by atoms with E-state index in [1.165, 1.54) is 0 Å². The zero-order chi connectivity index (χ0) is 10.6. The number of nitrogens with one attached hydrogen (secondary N) is 2. The summed E-state index contributed by atoms with van der Waals surface area (Å²) in [7, 11) is -3.41. The van der Waals surface area contributed by atoms with Gasteiger partial charge in [-0.15, -0.1) is 6.42 Å². The van der Waals surface area contributed by atoms with E-state index in [0.717, 1.165) is 0 Å². The summed E-state index contributed by atoms with van der Waals surface area (Å²) < 4.78 is 24.5. The van der Waals surface area contributed by atoms with E-state index in [-0.39, 0.29) is 18.3 Å². The van der Waals surface area contributed by atoms with Crippen molar-refractivity contribution in [1.82, 2.24) is 10.0 Å². The molecule has 0 spiro atoms. The quantitative estimate of drug-likeness (QED) is 0.448. The first-order chi connectivity index (χ1) is 6.56. The molecule has 1 fully saturated rings. The number of hydrogen-bond acceptors (Lipinski definition) is 4. The molecule has 0 radical (unpaired) electrons. The maximum absolute atomic E-state index is 11.2. The first-order valence-electron chi connectivity index (χ1n) is 4.25. The van der Waals surface area contributed by atoms with E-state index in [9.17, 15) is 13.2 Å². The normalized spacial score (nSPS) is 15.9. The fourth-order valence-electron chi connectivity index (χ4n) is 0.905. The number of carbonyl (C=O) groups excluding carboxylic acids is 1. The minimum absolute atomic E-state index is 0.0733. The van der Waals surface area contributed by atoms with Gasteiger partial charge in [0, 0.05) is 0 Å². The van der Waals surface area contributed by atoms with Crippen LogP contribution in [-0.4, -0.2) is 32.7 Å². The van der Waals surface area contributed by atoms with Crippen molar-refractivity contribution in [2.45, 2.75) is 18.1 Å². The molecule has 0 heterocycles. The van der Waals surface area contributed by atoms with Gasteiger partial charge in [-0.25, -0.2) is 8.42 Å². The van der Waals surface area contributed by atoms with E-state index in [1.807, 2.05) is 4.72 Å². The summed E-state index contributed by atoms with van der Waals surface area (Å²) >= 11 is 0. The summed E-state index contributed by atoms with van der Waals surface area (Å²) in [6.07, 6.45) is 6.22. The number of amides is 1. The van der Waals surface area contributed by atoms with Crippen LogP contribution >= 0.6 is 0 Å². The van der Waals surface area contributed by atoms with Crippen LogP contribution < -0.4 is 10.0 Å². The first-order valence-corrected chi connectivity index (χ1v) is 5.79. The number of sulfonamides is 1. The fraction of sp³-hybridized carbons (Fsp3) is 0.625. The van der Waals surface area contributed by atoms with Crippen molar-refractivity contribution in [2.75, 3.05) is 13.1 Å². The SMILES string of the molecule is C#CCNCC(=O)NS(=O)(=O)C1CC1. The molecule has 0 aromatic heterocycles. The van der Waals surface area contributed by atoms with Crippen LogP contribution in [-0.2, 0) is 14.8 Å². The van der Waals surface area contributed by atoms with E-state index in [1.54, 1.807) is 0 Å². The summed E-state index contributed by atoms with van der Waals surface area (Å²) in [6, 6.07) is 0. The zero-order valence-electron chi connectivity index (χ0n) is 7.62. The third-order valence-electron chi connectivity index (χ3n) is 1.73. The van der Waals surface area contributed by atoms with Gasteiger partial charge >= 0.3 is 0 Å². The highest BCUT2D eigenvalue weighted by Gasteiger charge is 2.36. The lowest BCUT2D eigenvalue weighted by Crippen LogP contribution is -2.39. The van der Waals surface area contributed by atoms with Gasteiger partial charge in [0.15, 0.2) is 0 Å². The van der Waals surface area contributed by atoms with Crippen molar-refractivity contribution < 1.29 is 13.2 Å². The number of carbonyl (C=O) groups is 1. The Morgan fingerprint density at radius 2 is 2.14 bits per heavy atom. The summed E-state index contributed by atoms with van der Waals surface area (Å²) in [4.78, 5) is 11.0. The number of terminal acetylenes is 1. The van der Waals surface area contributed by atoms with Gasteiger partial charge in [0.1, 0.15) is 0 Å². The van der Waals surface area contributed by atoms with Crippen LogP contribution in [0.5, 0.6) is 0 Å². The van der Waals surface area contributed by atoms with Gasteiger partial charge in [-0.2, -0.15) is 0 Å². The maximum Gasteiger partial charge on any atom is 0.247 e. The Morgan fingerprint density at radius 3 is 2.64 bits per heavy atom. The molecule has 1 aliphatic rings. The second kappa shape index (κ2) is 4.44. The van der Waals surface area contributed by atoms with Gasteiger partial charge in [0.25, 0.3) is 0 Å². The Kier molecular flexibility index (Phi) is 3.49. The molecule has 0 saturated heterocycles. The van der Waals surface area contributed by atoms with Crippen LogP contribution in [0.3, 0.4) is 0 Å². The second-order valence-corrected chi connectivity index (χ2v) is 5.04. The lowest BCUT2D eigenvalue weighted by atomic mass is 10.6. The molecule has 78 valence electrons. The van der Waals surface area contributed by atoms with Gasteiger partial charge in [-0.05, 0) is 12.8 Å². The van der Waals surface area contributed by atoms with Crippen LogP contribution in [0.15, 0.2) is 0 Å². The Hall–Kier alpha value is -1.06. The molecule has 1 aliphatic carbocycles. The Bertz CT molecular complexity index is 351. The van der Waals surface area contributed by atoms with Crippen molar-refractivity contribution in [2.24, 2.45) is 0 Å². The van der Waals surface area contributed by atoms with E-state index in [4.69, 9.17) is 6.42 Å².